The minimum atomic E-state index is -0.583. The number of carbonyl (C=O) groups excluding carboxylic acids is 2. The zero-order valence-corrected chi connectivity index (χ0v) is 23.5. The Bertz CT molecular complexity index is 1310. The molecule has 0 spiro atoms. The lowest BCUT2D eigenvalue weighted by atomic mass is 10.1. The van der Waals surface area contributed by atoms with E-state index in [-0.39, 0.29) is 23.9 Å². The first-order valence-electron chi connectivity index (χ1n) is 13.5. The van der Waals surface area contributed by atoms with E-state index in [9.17, 15) is 14.0 Å². The van der Waals surface area contributed by atoms with Crippen LogP contribution in [0, 0.1) is 11.7 Å². The highest BCUT2D eigenvalue weighted by atomic mass is 19.1. The van der Waals surface area contributed by atoms with Crippen molar-refractivity contribution in [3.63, 3.8) is 0 Å². The van der Waals surface area contributed by atoms with Crippen LogP contribution in [0.3, 0.4) is 0 Å². The molecule has 0 N–H and O–H groups in total. The Balaban J connectivity index is 1.38. The third kappa shape index (κ3) is 6.67. The third-order valence-electron chi connectivity index (χ3n) is 7.24. The maximum Gasteiger partial charge on any atom is 0.257 e. The second kappa shape index (κ2) is 13.2. The van der Waals surface area contributed by atoms with Crippen molar-refractivity contribution in [1.82, 2.24) is 20.0 Å². The maximum absolute atomic E-state index is 14.3. The molecule has 2 aromatic carbocycles. The van der Waals surface area contributed by atoms with Gasteiger partial charge in [0.25, 0.3) is 5.91 Å². The highest BCUT2D eigenvalue weighted by Crippen LogP contribution is 2.32. The second-order valence-electron chi connectivity index (χ2n) is 9.89. The van der Waals surface area contributed by atoms with Crippen molar-refractivity contribution in [3.05, 3.63) is 66.0 Å². The third-order valence-corrected chi connectivity index (χ3v) is 7.24. The largest absolute Gasteiger partial charge is 0.497 e. The first-order chi connectivity index (χ1) is 19.3. The summed E-state index contributed by atoms with van der Waals surface area (Å²) < 4.78 is 25.1. The van der Waals surface area contributed by atoms with Gasteiger partial charge in [-0.3, -0.25) is 9.59 Å². The Kier molecular flexibility index (Phi) is 9.52. The van der Waals surface area contributed by atoms with Gasteiger partial charge in [0.1, 0.15) is 23.9 Å². The highest BCUT2D eigenvalue weighted by Gasteiger charge is 2.27. The molecule has 3 aromatic rings. The molecule has 2 heterocycles. The van der Waals surface area contributed by atoms with Gasteiger partial charge < -0.3 is 24.2 Å². The fraction of sp³-hybridized carbons (Fsp3) is 0.400. The van der Waals surface area contributed by atoms with E-state index in [0.29, 0.717) is 49.9 Å². The SMILES string of the molecule is CC[C@H](C)CN(CC(=O)N1CCN(c2ccc(-c3ccc(OC)cc3OC)nn2)CC1)C(=O)c1ccccc1F. The van der Waals surface area contributed by atoms with Crippen molar-refractivity contribution in [3.8, 4) is 22.8 Å². The second-order valence-corrected chi connectivity index (χ2v) is 9.89. The van der Waals surface area contributed by atoms with Crippen LogP contribution >= 0.6 is 0 Å². The number of piperazine rings is 1. The Morgan fingerprint density at radius 2 is 1.75 bits per heavy atom. The fourth-order valence-electron chi connectivity index (χ4n) is 4.63. The molecule has 1 aliphatic rings. The minimum absolute atomic E-state index is 0.0160. The summed E-state index contributed by atoms with van der Waals surface area (Å²) in [6, 6.07) is 15.2. The van der Waals surface area contributed by atoms with E-state index in [2.05, 4.69) is 15.1 Å². The van der Waals surface area contributed by atoms with Crippen LogP contribution in [0.5, 0.6) is 11.5 Å². The predicted molar refractivity (Wildman–Crippen MR) is 151 cm³/mol. The van der Waals surface area contributed by atoms with Gasteiger partial charge in [0.2, 0.25) is 5.91 Å². The molecule has 1 fully saturated rings. The predicted octanol–water partition coefficient (Wildman–Crippen LogP) is 4.14. The summed E-state index contributed by atoms with van der Waals surface area (Å²) >= 11 is 0. The summed E-state index contributed by atoms with van der Waals surface area (Å²) in [5.74, 6) is 1.04. The van der Waals surface area contributed by atoms with Crippen LogP contribution in [0.1, 0.15) is 30.6 Å². The van der Waals surface area contributed by atoms with Crippen molar-refractivity contribution < 1.29 is 23.5 Å². The number of benzene rings is 2. The number of methoxy groups -OCH3 is 2. The molecule has 1 aliphatic heterocycles. The van der Waals surface area contributed by atoms with Crippen LogP contribution in [0.25, 0.3) is 11.3 Å². The molecule has 1 aromatic heterocycles. The van der Waals surface area contributed by atoms with Gasteiger partial charge in [-0.2, -0.15) is 0 Å². The smallest absolute Gasteiger partial charge is 0.257 e. The monoisotopic (exact) mass is 549 g/mol. The first-order valence-corrected chi connectivity index (χ1v) is 13.5. The normalized spacial score (nSPS) is 14.0. The van der Waals surface area contributed by atoms with Crippen molar-refractivity contribution in [2.24, 2.45) is 5.92 Å². The molecule has 4 rings (SSSR count). The van der Waals surface area contributed by atoms with E-state index in [0.717, 1.165) is 17.8 Å². The van der Waals surface area contributed by atoms with Gasteiger partial charge in [-0.05, 0) is 42.3 Å². The van der Waals surface area contributed by atoms with E-state index in [1.54, 1.807) is 37.3 Å². The molecule has 0 aliphatic carbocycles. The number of halogens is 1. The average Bonchev–Trinajstić information content (AvgIpc) is 3.00. The van der Waals surface area contributed by atoms with Crippen molar-refractivity contribution >= 4 is 17.6 Å². The van der Waals surface area contributed by atoms with Gasteiger partial charge in [0.15, 0.2) is 5.82 Å². The van der Waals surface area contributed by atoms with E-state index >= 15 is 0 Å². The summed E-state index contributed by atoms with van der Waals surface area (Å²) in [6.45, 7) is 6.48. The number of ether oxygens (including phenoxy) is 2. The summed E-state index contributed by atoms with van der Waals surface area (Å²) in [7, 11) is 3.20. The summed E-state index contributed by atoms with van der Waals surface area (Å²) in [6.07, 6.45) is 0.846. The molecule has 212 valence electrons. The van der Waals surface area contributed by atoms with Crippen molar-refractivity contribution in [2.75, 3.05) is 58.4 Å². The minimum Gasteiger partial charge on any atom is -0.497 e. The molecule has 40 heavy (non-hydrogen) atoms. The molecular weight excluding hydrogens is 513 g/mol. The molecular formula is C30H36FN5O4. The van der Waals surface area contributed by atoms with Crippen LogP contribution < -0.4 is 14.4 Å². The lowest BCUT2D eigenvalue weighted by molar-refractivity contribution is -0.132. The number of amides is 2. The molecule has 0 unspecified atom stereocenters. The number of aromatic nitrogens is 2. The quantitative estimate of drug-likeness (QED) is 0.376. The number of hydrogen-bond acceptors (Lipinski definition) is 7. The zero-order chi connectivity index (χ0) is 28.6. The van der Waals surface area contributed by atoms with E-state index in [4.69, 9.17) is 9.47 Å². The maximum atomic E-state index is 14.3. The first kappa shape index (κ1) is 28.8. The number of hydrogen-bond donors (Lipinski definition) is 0. The average molecular weight is 550 g/mol. The van der Waals surface area contributed by atoms with Crippen LogP contribution in [0.4, 0.5) is 10.2 Å². The summed E-state index contributed by atoms with van der Waals surface area (Å²) in [4.78, 5) is 31.7. The number of nitrogens with zero attached hydrogens (tertiary/aromatic N) is 5. The van der Waals surface area contributed by atoms with Gasteiger partial charge in [-0.1, -0.05) is 32.4 Å². The molecule has 1 saturated heterocycles. The van der Waals surface area contributed by atoms with E-state index < -0.39 is 11.7 Å². The number of anilines is 1. The zero-order valence-electron chi connectivity index (χ0n) is 23.5. The van der Waals surface area contributed by atoms with Crippen molar-refractivity contribution in [1.29, 1.82) is 0 Å². The Morgan fingerprint density at radius 1 is 1.00 bits per heavy atom. The molecule has 0 radical (unpaired) electrons. The highest BCUT2D eigenvalue weighted by molar-refractivity contribution is 5.96. The Morgan fingerprint density at radius 3 is 2.38 bits per heavy atom. The molecule has 0 saturated carbocycles. The van der Waals surface area contributed by atoms with Gasteiger partial charge in [0, 0.05) is 44.4 Å². The van der Waals surface area contributed by atoms with Gasteiger partial charge >= 0.3 is 0 Å². The topological polar surface area (TPSA) is 88.1 Å². The number of rotatable bonds is 10. The van der Waals surface area contributed by atoms with E-state index in [1.807, 2.05) is 38.1 Å². The Labute approximate surface area is 234 Å². The van der Waals surface area contributed by atoms with E-state index in [1.165, 1.54) is 17.0 Å². The van der Waals surface area contributed by atoms with Crippen LogP contribution in [-0.2, 0) is 4.79 Å². The standard InChI is InChI=1S/C30H36FN5O4/c1-5-21(2)19-36(30(38)23-8-6-7-9-25(23)31)20-29(37)35-16-14-34(15-17-35)28-13-12-26(32-33-28)24-11-10-22(39-3)18-27(24)40-4/h6-13,18,21H,5,14-17,19-20H2,1-4H3/t21-/m0/s1. The molecule has 9 nitrogen and oxygen atoms in total. The van der Waals surface area contributed by atoms with Crippen molar-refractivity contribution in [2.45, 2.75) is 20.3 Å². The molecule has 2 amide bonds. The summed E-state index contributed by atoms with van der Waals surface area (Å²) in [5, 5.41) is 8.82. The van der Waals surface area contributed by atoms with Gasteiger partial charge in [0.05, 0.1) is 25.5 Å². The Hall–Kier alpha value is -4.21. The number of carbonyl (C=O) groups is 2. The molecule has 0 bridgehead atoms. The van der Waals surface area contributed by atoms with Gasteiger partial charge in [-0.15, -0.1) is 10.2 Å². The van der Waals surface area contributed by atoms with Crippen LogP contribution in [0.15, 0.2) is 54.6 Å². The summed E-state index contributed by atoms with van der Waals surface area (Å²) in [5.41, 5.74) is 1.47. The van der Waals surface area contributed by atoms with Gasteiger partial charge in [-0.25, -0.2) is 4.39 Å². The lowest BCUT2D eigenvalue weighted by Crippen LogP contribution is -2.52. The van der Waals surface area contributed by atoms with Crippen LogP contribution in [-0.4, -0.2) is 85.3 Å². The van der Waals surface area contributed by atoms with Crippen LogP contribution in [0.2, 0.25) is 0 Å². The fourth-order valence-corrected chi connectivity index (χ4v) is 4.63. The molecule has 1 atom stereocenters. The molecule has 10 heteroatoms. The lowest BCUT2D eigenvalue weighted by Gasteiger charge is -2.36.